The zero-order valence-electron chi connectivity index (χ0n) is 11.6. The van der Waals surface area contributed by atoms with Crippen LogP contribution < -0.4 is 10.6 Å². The van der Waals surface area contributed by atoms with E-state index in [9.17, 15) is 4.79 Å². The number of carbonyl (C=O) groups excluding carboxylic acids is 1. The number of carbonyl (C=O) groups is 1. The topological polar surface area (TPSA) is 66.9 Å². The first-order valence-corrected chi connectivity index (χ1v) is 9.06. The van der Waals surface area contributed by atoms with E-state index in [-0.39, 0.29) is 5.91 Å². The van der Waals surface area contributed by atoms with Gasteiger partial charge < -0.3 is 10.6 Å². The van der Waals surface area contributed by atoms with Gasteiger partial charge in [-0.3, -0.25) is 4.79 Å². The van der Waals surface area contributed by atoms with Gasteiger partial charge in [0.1, 0.15) is 0 Å². The van der Waals surface area contributed by atoms with Crippen LogP contribution in [-0.4, -0.2) is 34.4 Å². The molecule has 1 amide bonds. The van der Waals surface area contributed by atoms with E-state index in [1.807, 2.05) is 6.92 Å². The molecule has 0 unspecified atom stereocenters. The van der Waals surface area contributed by atoms with Gasteiger partial charge in [0.2, 0.25) is 11.0 Å². The van der Waals surface area contributed by atoms with E-state index in [4.69, 9.17) is 0 Å². The summed E-state index contributed by atoms with van der Waals surface area (Å²) in [6, 6.07) is 0.440. The summed E-state index contributed by atoms with van der Waals surface area (Å²) in [7, 11) is 0. The number of thioether (sulfide) groups is 1. The fourth-order valence-electron chi connectivity index (χ4n) is 2.38. The van der Waals surface area contributed by atoms with Crippen molar-refractivity contribution in [1.82, 2.24) is 15.5 Å². The molecule has 0 spiro atoms. The fourth-order valence-corrected chi connectivity index (χ4v) is 4.01. The Morgan fingerprint density at radius 2 is 2.05 bits per heavy atom. The highest BCUT2D eigenvalue weighted by molar-refractivity contribution is 8.01. The molecule has 0 saturated heterocycles. The van der Waals surface area contributed by atoms with Crippen molar-refractivity contribution in [2.45, 2.75) is 43.0 Å². The first-order chi connectivity index (χ1) is 9.76. The number of rotatable bonds is 8. The Kier molecular flexibility index (Phi) is 4.45. The van der Waals surface area contributed by atoms with Gasteiger partial charge in [0.15, 0.2) is 4.34 Å². The summed E-state index contributed by atoms with van der Waals surface area (Å²) in [6.07, 6.45) is 5.15. The van der Waals surface area contributed by atoms with Crippen LogP contribution in [0, 0.1) is 11.8 Å². The second-order valence-electron chi connectivity index (χ2n) is 5.46. The third-order valence-corrected chi connectivity index (χ3v) is 5.66. The maximum absolute atomic E-state index is 12.0. The normalized spacial score (nSPS) is 18.3. The molecule has 2 aliphatic carbocycles. The average molecular weight is 312 g/mol. The number of amides is 1. The number of nitrogens with zero attached hydrogens (tertiary/aromatic N) is 2. The molecule has 1 heterocycles. The molecule has 1 aromatic heterocycles. The van der Waals surface area contributed by atoms with Gasteiger partial charge in [0, 0.05) is 12.6 Å². The SMILES string of the molecule is CCNc1nnc(SCC(=O)NC(C2CC2)C2CC2)s1. The number of nitrogens with one attached hydrogen (secondary N) is 2. The standard InChI is InChI=1S/C13H20N4OS2/c1-2-14-12-16-17-13(20-12)19-7-10(18)15-11(8-3-4-8)9-5-6-9/h8-9,11H,2-7H2,1H3,(H,14,16)(H,15,18). The maximum atomic E-state index is 12.0. The van der Waals surface area contributed by atoms with Crippen molar-refractivity contribution in [1.29, 1.82) is 0 Å². The summed E-state index contributed by atoms with van der Waals surface area (Å²) in [4.78, 5) is 12.0. The second-order valence-corrected chi connectivity index (χ2v) is 7.66. The van der Waals surface area contributed by atoms with Crippen molar-refractivity contribution in [3.8, 4) is 0 Å². The molecule has 0 atom stereocenters. The van der Waals surface area contributed by atoms with Crippen molar-refractivity contribution < 1.29 is 4.79 Å². The third kappa shape index (κ3) is 3.85. The first-order valence-electron chi connectivity index (χ1n) is 7.25. The number of hydrogen-bond donors (Lipinski definition) is 2. The van der Waals surface area contributed by atoms with Crippen LogP contribution in [0.5, 0.6) is 0 Å². The fraction of sp³-hybridized carbons (Fsp3) is 0.769. The molecule has 0 aliphatic heterocycles. The number of anilines is 1. The Morgan fingerprint density at radius 3 is 2.65 bits per heavy atom. The van der Waals surface area contributed by atoms with Crippen molar-refractivity contribution in [3.63, 3.8) is 0 Å². The molecule has 0 bridgehead atoms. The molecule has 0 aromatic carbocycles. The molecule has 2 fully saturated rings. The van der Waals surface area contributed by atoms with Gasteiger partial charge in [0.05, 0.1) is 5.75 Å². The summed E-state index contributed by atoms with van der Waals surface area (Å²) in [5.41, 5.74) is 0. The average Bonchev–Trinajstić information content (AvgIpc) is 3.33. The lowest BCUT2D eigenvalue weighted by atomic mass is 10.1. The lowest BCUT2D eigenvalue weighted by Crippen LogP contribution is -2.39. The zero-order valence-corrected chi connectivity index (χ0v) is 13.2. The summed E-state index contributed by atoms with van der Waals surface area (Å²) < 4.78 is 0.852. The van der Waals surface area contributed by atoms with Crippen LogP contribution in [0.15, 0.2) is 4.34 Å². The molecule has 20 heavy (non-hydrogen) atoms. The Balaban J connectivity index is 1.43. The Hall–Kier alpha value is -0.820. The van der Waals surface area contributed by atoms with Crippen LogP contribution in [0.25, 0.3) is 0 Å². The number of hydrogen-bond acceptors (Lipinski definition) is 6. The largest absolute Gasteiger partial charge is 0.360 e. The van der Waals surface area contributed by atoms with Gasteiger partial charge in [-0.25, -0.2) is 0 Å². The smallest absolute Gasteiger partial charge is 0.230 e. The van der Waals surface area contributed by atoms with Gasteiger partial charge in [-0.05, 0) is 44.4 Å². The molecule has 2 aliphatic rings. The maximum Gasteiger partial charge on any atom is 0.230 e. The van der Waals surface area contributed by atoms with Crippen molar-refractivity contribution in [3.05, 3.63) is 0 Å². The van der Waals surface area contributed by atoms with Gasteiger partial charge in [-0.1, -0.05) is 23.1 Å². The van der Waals surface area contributed by atoms with Gasteiger partial charge in [0.25, 0.3) is 0 Å². The minimum Gasteiger partial charge on any atom is -0.360 e. The lowest BCUT2D eigenvalue weighted by Gasteiger charge is -2.17. The van der Waals surface area contributed by atoms with E-state index in [2.05, 4.69) is 20.8 Å². The van der Waals surface area contributed by atoms with E-state index in [0.29, 0.717) is 11.8 Å². The molecule has 7 heteroatoms. The van der Waals surface area contributed by atoms with Gasteiger partial charge >= 0.3 is 0 Å². The summed E-state index contributed by atoms with van der Waals surface area (Å²) in [6.45, 7) is 2.86. The van der Waals surface area contributed by atoms with Crippen molar-refractivity contribution >= 4 is 34.1 Å². The van der Waals surface area contributed by atoms with E-state index in [1.54, 1.807) is 0 Å². The van der Waals surface area contributed by atoms with Crippen LogP contribution >= 0.6 is 23.1 Å². The minimum absolute atomic E-state index is 0.138. The van der Waals surface area contributed by atoms with Crippen LogP contribution in [0.1, 0.15) is 32.6 Å². The third-order valence-electron chi connectivity index (χ3n) is 3.65. The highest BCUT2D eigenvalue weighted by Crippen LogP contribution is 2.44. The van der Waals surface area contributed by atoms with Crippen molar-refractivity contribution in [2.75, 3.05) is 17.6 Å². The lowest BCUT2D eigenvalue weighted by molar-refractivity contribution is -0.119. The van der Waals surface area contributed by atoms with Crippen LogP contribution in [0.4, 0.5) is 5.13 Å². The Bertz CT molecular complexity index is 459. The molecule has 3 rings (SSSR count). The van der Waals surface area contributed by atoms with E-state index in [1.165, 1.54) is 48.8 Å². The first kappa shape index (κ1) is 14.1. The molecule has 2 N–H and O–H groups in total. The molecule has 0 radical (unpaired) electrons. The minimum atomic E-state index is 0.138. The predicted octanol–water partition coefficient (Wildman–Crippen LogP) is 2.37. The quantitative estimate of drug-likeness (QED) is 0.721. The molecule has 1 aromatic rings. The molecular weight excluding hydrogens is 292 g/mol. The van der Waals surface area contributed by atoms with Crippen LogP contribution in [0.2, 0.25) is 0 Å². The highest BCUT2D eigenvalue weighted by atomic mass is 32.2. The number of aromatic nitrogens is 2. The van der Waals surface area contributed by atoms with Crippen LogP contribution in [0.3, 0.4) is 0 Å². The van der Waals surface area contributed by atoms with Crippen molar-refractivity contribution in [2.24, 2.45) is 11.8 Å². The Labute approximate surface area is 127 Å². The highest BCUT2D eigenvalue weighted by Gasteiger charge is 2.42. The van der Waals surface area contributed by atoms with Gasteiger partial charge in [-0.2, -0.15) is 0 Å². The monoisotopic (exact) mass is 312 g/mol. The molecule has 2 saturated carbocycles. The predicted molar refractivity (Wildman–Crippen MR) is 82.2 cm³/mol. The molecule has 5 nitrogen and oxygen atoms in total. The second kappa shape index (κ2) is 6.30. The van der Waals surface area contributed by atoms with E-state index < -0.39 is 0 Å². The van der Waals surface area contributed by atoms with E-state index >= 15 is 0 Å². The summed E-state index contributed by atoms with van der Waals surface area (Å²) in [5.74, 6) is 2.08. The van der Waals surface area contributed by atoms with Crippen LogP contribution in [-0.2, 0) is 4.79 Å². The Morgan fingerprint density at radius 1 is 1.35 bits per heavy atom. The summed E-state index contributed by atoms with van der Waals surface area (Å²) in [5, 5.41) is 15.3. The summed E-state index contributed by atoms with van der Waals surface area (Å²) >= 11 is 2.98. The zero-order chi connectivity index (χ0) is 13.9. The van der Waals surface area contributed by atoms with Gasteiger partial charge in [-0.15, -0.1) is 10.2 Å². The van der Waals surface area contributed by atoms with E-state index in [0.717, 1.165) is 27.9 Å². The molecular formula is C13H20N4OS2. The molecule has 110 valence electrons.